The summed E-state index contributed by atoms with van der Waals surface area (Å²) in [6.07, 6.45) is 0.794. The third-order valence-corrected chi connectivity index (χ3v) is 4.10. The molecule has 1 aromatic heterocycles. The monoisotopic (exact) mass is 369 g/mol. The summed E-state index contributed by atoms with van der Waals surface area (Å²) < 4.78 is 46.5. The van der Waals surface area contributed by atoms with E-state index in [1.165, 1.54) is 12.1 Å². The number of alkyl halides is 3. The van der Waals surface area contributed by atoms with E-state index in [9.17, 15) is 13.2 Å². The standard InChI is InChI=1S/C19H26F3N3O/c1-4-5-11-25-12-10-23-18(25)17(26-14-13-24(2)3)15-6-8-16(9-7-15)19(20,21)22/h6-10,12,17H,4-5,11,13-14H2,1-3H3. The van der Waals surface area contributed by atoms with Gasteiger partial charge in [-0.2, -0.15) is 13.2 Å². The number of aryl methyl sites for hydroxylation is 1. The number of rotatable bonds is 9. The Hall–Kier alpha value is -1.86. The Bertz CT molecular complexity index is 665. The highest BCUT2D eigenvalue weighted by atomic mass is 19.4. The summed E-state index contributed by atoms with van der Waals surface area (Å²) in [5, 5.41) is 0. The number of likely N-dealkylation sites (N-methyl/N-ethyl adjacent to an activating group) is 1. The van der Waals surface area contributed by atoms with E-state index < -0.39 is 17.8 Å². The van der Waals surface area contributed by atoms with Crippen LogP contribution in [0.1, 0.15) is 42.8 Å². The molecule has 1 unspecified atom stereocenters. The molecule has 0 amide bonds. The highest BCUT2D eigenvalue weighted by Crippen LogP contribution is 2.32. The molecule has 144 valence electrons. The van der Waals surface area contributed by atoms with Gasteiger partial charge in [-0.05, 0) is 38.2 Å². The van der Waals surface area contributed by atoms with E-state index in [0.29, 0.717) is 18.7 Å². The number of unbranched alkanes of at least 4 members (excludes halogenated alkanes) is 1. The Labute approximate surface area is 152 Å². The number of aromatic nitrogens is 2. The molecule has 1 aromatic carbocycles. The molecule has 1 atom stereocenters. The van der Waals surface area contributed by atoms with Gasteiger partial charge in [-0.3, -0.25) is 0 Å². The molecule has 4 nitrogen and oxygen atoms in total. The lowest BCUT2D eigenvalue weighted by Gasteiger charge is -2.21. The lowest BCUT2D eigenvalue weighted by atomic mass is 10.1. The van der Waals surface area contributed by atoms with E-state index >= 15 is 0 Å². The Morgan fingerprint density at radius 1 is 1.19 bits per heavy atom. The summed E-state index contributed by atoms with van der Waals surface area (Å²) in [4.78, 5) is 6.41. The zero-order chi connectivity index (χ0) is 19.2. The van der Waals surface area contributed by atoms with Crippen molar-refractivity contribution >= 4 is 0 Å². The van der Waals surface area contributed by atoms with Crippen molar-refractivity contribution in [1.29, 1.82) is 0 Å². The van der Waals surface area contributed by atoms with Gasteiger partial charge in [-0.25, -0.2) is 4.98 Å². The second kappa shape index (κ2) is 9.19. The third kappa shape index (κ3) is 5.57. The van der Waals surface area contributed by atoms with Gasteiger partial charge in [0.25, 0.3) is 0 Å². The lowest BCUT2D eigenvalue weighted by molar-refractivity contribution is -0.137. The molecule has 0 bridgehead atoms. The van der Waals surface area contributed by atoms with Crippen LogP contribution in [0.3, 0.4) is 0 Å². The Kier molecular flexibility index (Phi) is 7.23. The van der Waals surface area contributed by atoms with Crippen molar-refractivity contribution < 1.29 is 17.9 Å². The fraction of sp³-hybridized carbons (Fsp3) is 0.526. The molecule has 7 heteroatoms. The molecule has 26 heavy (non-hydrogen) atoms. The maximum atomic E-state index is 12.8. The fourth-order valence-electron chi connectivity index (χ4n) is 2.60. The molecule has 0 spiro atoms. The molecule has 0 saturated carbocycles. The van der Waals surface area contributed by atoms with Crippen LogP contribution in [0.15, 0.2) is 36.7 Å². The number of hydrogen-bond acceptors (Lipinski definition) is 3. The first-order valence-corrected chi connectivity index (χ1v) is 8.77. The predicted molar refractivity (Wildman–Crippen MR) is 94.9 cm³/mol. The van der Waals surface area contributed by atoms with Gasteiger partial charge in [0, 0.05) is 25.5 Å². The molecular formula is C19H26F3N3O. The molecule has 2 aromatic rings. The summed E-state index contributed by atoms with van der Waals surface area (Å²) in [5.74, 6) is 0.719. The summed E-state index contributed by atoms with van der Waals surface area (Å²) in [6.45, 7) is 4.09. The van der Waals surface area contributed by atoms with Crippen LogP contribution in [0, 0.1) is 0 Å². The van der Waals surface area contributed by atoms with Crippen LogP contribution < -0.4 is 0 Å². The minimum atomic E-state index is -4.35. The van der Waals surface area contributed by atoms with Crippen LogP contribution in [0.4, 0.5) is 13.2 Å². The van der Waals surface area contributed by atoms with Gasteiger partial charge in [0.2, 0.25) is 0 Å². The van der Waals surface area contributed by atoms with Crippen LogP contribution in [0.2, 0.25) is 0 Å². The van der Waals surface area contributed by atoms with Gasteiger partial charge in [0.1, 0.15) is 11.9 Å². The van der Waals surface area contributed by atoms with Crippen LogP contribution in [-0.4, -0.2) is 41.7 Å². The van der Waals surface area contributed by atoms with Gasteiger partial charge in [-0.15, -0.1) is 0 Å². The molecule has 2 rings (SSSR count). The molecule has 0 radical (unpaired) electrons. The SMILES string of the molecule is CCCCn1ccnc1C(OCCN(C)C)c1ccc(C(F)(F)F)cc1. The number of halogens is 3. The van der Waals surface area contributed by atoms with Crippen molar-refractivity contribution in [2.45, 2.75) is 38.6 Å². The van der Waals surface area contributed by atoms with E-state index in [4.69, 9.17) is 4.74 Å². The molecular weight excluding hydrogens is 343 g/mol. The maximum Gasteiger partial charge on any atom is 0.416 e. The fourth-order valence-corrected chi connectivity index (χ4v) is 2.60. The molecule has 0 aliphatic carbocycles. The van der Waals surface area contributed by atoms with Crippen molar-refractivity contribution in [3.05, 3.63) is 53.6 Å². The number of imidazole rings is 1. The van der Waals surface area contributed by atoms with Crippen LogP contribution in [-0.2, 0) is 17.5 Å². The molecule has 1 heterocycles. The van der Waals surface area contributed by atoms with E-state index in [1.54, 1.807) is 6.20 Å². The third-order valence-electron chi connectivity index (χ3n) is 4.10. The van der Waals surface area contributed by atoms with Crippen molar-refractivity contribution in [3.63, 3.8) is 0 Å². The molecule has 0 aliphatic heterocycles. The van der Waals surface area contributed by atoms with Gasteiger partial charge in [-0.1, -0.05) is 25.5 Å². The summed E-state index contributed by atoms with van der Waals surface area (Å²) in [7, 11) is 3.89. The zero-order valence-electron chi connectivity index (χ0n) is 15.5. The second-order valence-corrected chi connectivity index (χ2v) is 6.51. The van der Waals surface area contributed by atoms with Gasteiger partial charge >= 0.3 is 6.18 Å². The van der Waals surface area contributed by atoms with Gasteiger partial charge in [0.05, 0.1) is 12.2 Å². The van der Waals surface area contributed by atoms with Crippen molar-refractivity contribution in [2.75, 3.05) is 27.2 Å². The molecule has 0 aliphatic rings. The quantitative estimate of drug-likeness (QED) is 0.658. The highest BCUT2D eigenvalue weighted by molar-refractivity contribution is 5.29. The van der Waals surface area contributed by atoms with Crippen LogP contribution in [0.25, 0.3) is 0 Å². The average Bonchev–Trinajstić information content (AvgIpc) is 3.04. The summed E-state index contributed by atoms with van der Waals surface area (Å²) in [5.41, 5.74) is 0.00307. The smallest absolute Gasteiger partial charge is 0.364 e. The number of nitrogens with zero attached hydrogens (tertiary/aromatic N) is 3. The summed E-state index contributed by atoms with van der Waals surface area (Å²) >= 11 is 0. The van der Waals surface area contributed by atoms with Gasteiger partial charge < -0.3 is 14.2 Å². The first kappa shape index (κ1) is 20.5. The number of benzene rings is 1. The van der Waals surface area contributed by atoms with Crippen molar-refractivity contribution in [2.24, 2.45) is 0 Å². The Balaban J connectivity index is 2.27. The largest absolute Gasteiger partial charge is 0.416 e. The minimum Gasteiger partial charge on any atom is -0.364 e. The van der Waals surface area contributed by atoms with E-state index in [2.05, 4.69) is 11.9 Å². The Morgan fingerprint density at radius 2 is 1.88 bits per heavy atom. The predicted octanol–water partition coefficient (Wildman–Crippen LogP) is 4.37. The molecule has 0 saturated heterocycles. The first-order valence-electron chi connectivity index (χ1n) is 8.77. The van der Waals surface area contributed by atoms with Crippen molar-refractivity contribution in [3.8, 4) is 0 Å². The van der Waals surface area contributed by atoms with Gasteiger partial charge in [0.15, 0.2) is 0 Å². The average molecular weight is 369 g/mol. The first-order chi connectivity index (χ1) is 12.3. The number of hydrogen-bond donors (Lipinski definition) is 0. The second-order valence-electron chi connectivity index (χ2n) is 6.51. The Morgan fingerprint density at radius 3 is 2.46 bits per heavy atom. The maximum absolute atomic E-state index is 12.8. The zero-order valence-corrected chi connectivity index (χ0v) is 15.5. The van der Waals surface area contributed by atoms with E-state index in [1.807, 2.05) is 29.8 Å². The highest BCUT2D eigenvalue weighted by Gasteiger charge is 2.30. The number of ether oxygens (including phenoxy) is 1. The minimum absolute atomic E-state index is 0.458. The normalized spacial score (nSPS) is 13.3. The topological polar surface area (TPSA) is 30.3 Å². The summed E-state index contributed by atoms with van der Waals surface area (Å²) in [6, 6.07) is 5.14. The molecule has 0 N–H and O–H groups in total. The van der Waals surface area contributed by atoms with Crippen LogP contribution >= 0.6 is 0 Å². The van der Waals surface area contributed by atoms with E-state index in [0.717, 1.165) is 37.3 Å². The lowest BCUT2D eigenvalue weighted by Crippen LogP contribution is -2.21. The van der Waals surface area contributed by atoms with Crippen LogP contribution in [0.5, 0.6) is 0 Å². The van der Waals surface area contributed by atoms with E-state index in [-0.39, 0.29) is 0 Å². The van der Waals surface area contributed by atoms with Crippen molar-refractivity contribution in [1.82, 2.24) is 14.5 Å². The molecule has 0 fully saturated rings.